The van der Waals surface area contributed by atoms with E-state index in [2.05, 4.69) is 15.5 Å². The molecule has 152 valence electrons. The molecular formula is C16H28Cl2F2N4O2. The molecule has 2 heterocycles. The van der Waals surface area contributed by atoms with E-state index in [1.165, 1.54) is 0 Å². The normalized spacial score (nSPS) is 25.6. The second-order valence-electron chi connectivity index (χ2n) is 7.08. The Kier molecular flexibility index (Phi) is 8.99. The summed E-state index contributed by atoms with van der Waals surface area (Å²) in [4.78, 5) is 28.2. The first kappa shape index (κ1) is 23.3. The average molecular weight is 417 g/mol. The van der Waals surface area contributed by atoms with E-state index in [1.807, 2.05) is 4.90 Å². The van der Waals surface area contributed by atoms with Crippen LogP contribution in [-0.2, 0) is 9.59 Å². The van der Waals surface area contributed by atoms with Gasteiger partial charge in [0.1, 0.15) is 0 Å². The number of hydrogen-bond donors (Lipinski definition) is 2. The summed E-state index contributed by atoms with van der Waals surface area (Å²) in [5.74, 6) is -2.60. The number of nitrogens with zero attached hydrogens (tertiary/aromatic N) is 2. The van der Waals surface area contributed by atoms with Crippen molar-refractivity contribution >= 4 is 36.6 Å². The highest BCUT2D eigenvalue weighted by atomic mass is 35.5. The van der Waals surface area contributed by atoms with Gasteiger partial charge in [0.05, 0.1) is 12.6 Å². The third-order valence-electron chi connectivity index (χ3n) is 5.29. The van der Waals surface area contributed by atoms with Crippen molar-refractivity contribution in [2.45, 2.75) is 37.6 Å². The van der Waals surface area contributed by atoms with Crippen LogP contribution in [0.25, 0.3) is 0 Å². The first-order valence-corrected chi connectivity index (χ1v) is 8.85. The Balaban J connectivity index is 0.00000169. The van der Waals surface area contributed by atoms with Gasteiger partial charge in [-0.2, -0.15) is 0 Å². The molecule has 26 heavy (non-hydrogen) atoms. The minimum absolute atomic E-state index is 0. The Morgan fingerprint density at radius 3 is 2.27 bits per heavy atom. The maximum absolute atomic E-state index is 13.1. The number of amides is 2. The van der Waals surface area contributed by atoms with Gasteiger partial charge in [0.15, 0.2) is 0 Å². The van der Waals surface area contributed by atoms with Crippen molar-refractivity contribution in [1.29, 1.82) is 0 Å². The zero-order valence-electron chi connectivity index (χ0n) is 14.7. The third-order valence-corrected chi connectivity index (χ3v) is 5.29. The van der Waals surface area contributed by atoms with Crippen molar-refractivity contribution < 1.29 is 18.4 Å². The number of carbonyl (C=O) groups is 2. The summed E-state index contributed by atoms with van der Waals surface area (Å²) in [7, 11) is 0. The van der Waals surface area contributed by atoms with Crippen molar-refractivity contribution in [3.8, 4) is 0 Å². The van der Waals surface area contributed by atoms with Gasteiger partial charge >= 0.3 is 0 Å². The molecule has 0 aromatic rings. The Morgan fingerprint density at radius 1 is 1.12 bits per heavy atom. The third kappa shape index (κ3) is 5.90. The number of alkyl halides is 2. The van der Waals surface area contributed by atoms with E-state index in [-0.39, 0.29) is 36.6 Å². The summed E-state index contributed by atoms with van der Waals surface area (Å²) in [5.41, 5.74) is 0. The fourth-order valence-electron chi connectivity index (χ4n) is 3.47. The fourth-order valence-corrected chi connectivity index (χ4v) is 3.47. The maximum Gasteiger partial charge on any atom is 0.262 e. The molecule has 0 spiro atoms. The number of halogens is 4. The SMILES string of the molecule is Cl.Cl.O=C(NCCN1CCN(C(=O)C2CCC2)CC1)C1CC(F)(F)CN1. The Bertz CT molecular complexity index is 487. The molecule has 2 aliphatic heterocycles. The van der Waals surface area contributed by atoms with Crippen molar-refractivity contribution in [1.82, 2.24) is 20.4 Å². The molecule has 0 aromatic heterocycles. The quantitative estimate of drug-likeness (QED) is 0.698. The fraction of sp³-hybridized carbons (Fsp3) is 0.875. The molecule has 10 heteroatoms. The van der Waals surface area contributed by atoms with E-state index >= 15 is 0 Å². The first-order valence-electron chi connectivity index (χ1n) is 8.85. The van der Waals surface area contributed by atoms with Crippen LogP contribution in [0, 0.1) is 5.92 Å². The molecule has 6 nitrogen and oxygen atoms in total. The molecule has 0 aromatic carbocycles. The molecule has 1 atom stereocenters. The van der Waals surface area contributed by atoms with Gasteiger partial charge in [0.25, 0.3) is 5.92 Å². The van der Waals surface area contributed by atoms with Gasteiger partial charge in [-0.25, -0.2) is 8.78 Å². The number of rotatable bonds is 5. The molecule has 1 aliphatic carbocycles. The topological polar surface area (TPSA) is 64.7 Å². The highest BCUT2D eigenvalue weighted by Gasteiger charge is 2.42. The molecule has 2 N–H and O–H groups in total. The summed E-state index contributed by atoms with van der Waals surface area (Å²) < 4.78 is 26.1. The standard InChI is InChI=1S/C16H26F2N4O2.2ClH/c17-16(18)10-13(20-11-16)14(23)19-4-5-21-6-8-22(9-7-21)15(24)12-2-1-3-12;;/h12-13,20H,1-11H2,(H,19,23);2*1H. The smallest absolute Gasteiger partial charge is 0.262 e. The van der Waals surface area contributed by atoms with Crippen LogP contribution in [0.3, 0.4) is 0 Å². The van der Waals surface area contributed by atoms with Crippen LogP contribution in [0.2, 0.25) is 0 Å². The molecular weight excluding hydrogens is 389 g/mol. The predicted molar refractivity (Wildman–Crippen MR) is 99.2 cm³/mol. The van der Waals surface area contributed by atoms with Crippen LogP contribution in [0.4, 0.5) is 8.78 Å². The van der Waals surface area contributed by atoms with Crippen molar-refractivity contribution in [2.75, 3.05) is 45.8 Å². The van der Waals surface area contributed by atoms with Gasteiger partial charge < -0.3 is 10.2 Å². The number of piperazine rings is 1. The summed E-state index contributed by atoms with van der Waals surface area (Å²) in [6.45, 7) is 3.77. The molecule has 1 unspecified atom stereocenters. The van der Waals surface area contributed by atoms with Gasteiger partial charge in [0.2, 0.25) is 11.8 Å². The lowest BCUT2D eigenvalue weighted by Crippen LogP contribution is -2.52. The van der Waals surface area contributed by atoms with Gasteiger partial charge in [-0.05, 0) is 12.8 Å². The molecule has 3 aliphatic rings. The lowest BCUT2D eigenvalue weighted by Gasteiger charge is -2.38. The van der Waals surface area contributed by atoms with Crippen LogP contribution < -0.4 is 10.6 Å². The second-order valence-corrected chi connectivity index (χ2v) is 7.08. The highest BCUT2D eigenvalue weighted by molar-refractivity contribution is 5.85. The Hall–Kier alpha value is -0.700. The molecule has 2 saturated heterocycles. The Labute approximate surface area is 165 Å². The van der Waals surface area contributed by atoms with E-state index in [0.717, 1.165) is 45.4 Å². The maximum atomic E-state index is 13.1. The second kappa shape index (κ2) is 10.0. The number of carbonyl (C=O) groups excluding carboxylic acids is 2. The van der Waals surface area contributed by atoms with Crippen molar-refractivity contribution in [3.05, 3.63) is 0 Å². The lowest BCUT2D eigenvalue weighted by atomic mass is 9.84. The minimum atomic E-state index is -2.79. The Morgan fingerprint density at radius 2 is 1.77 bits per heavy atom. The first-order chi connectivity index (χ1) is 11.4. The molecule has 0 radical (unpaired) electrons. The van der Waals surface area contributed by atoms with Crippen molar-refractivity contribution in [3.63, 3.8) is 0 Å². The molecule has 1 saturated carbocycles. The predicted octanol–water partition coefficient (Wildman–Crippen LogP) is 0.888. The van der Waals surface area contributed by atoms with Gasteiger partial charge in [-0.15, -0.1) is 24.8 Å². The summed E-state index contributed by atoms with van der Waals surface area (Å²) in [5, 5.41) is 5.28. The molecule has 0 bridgehead atoms. The van der Waals surface area contributed by atoms with E-state index in [4.69, 9.17) is 0 Å². The zero-order valence-corrected chi connectivity index (χ0v) is 16.3. The largest absolute Gasteiger partial charge is 0.353 e. The summed E-state index contributed by atoms with van der Waals surface area (Å²) in [6.07, 6.45) is 2.79. The lowest BCUT2D eigenvalue weighted by molar-refractivity contribution is -0.139. The van der Waals surface area contributed by atoms with Crippen LogP contribution >= 0.6 is 24.8 Å². The summed E-state index contributed by atoms with van der Waals surface area (Å²) in [6, 6.07) is -0.794. The van der Waals surface area contributed by atoms with Gasteiger partial charge in [-0.3, -0.25) is 19.8 Å². The van der Waals surface area contributed by atoms with E-state index in [0.29, 0.717) is 19.0 Å². The minimum Gasteiger partial charge on any atom is -0.353 e. The number of nitrogens with one attached hydrogen (secondary N) is 2. The monoisotopic (exact) mass is 416 g/mol. The zero-order chi connectivity index (χ0) is 17.2. The van der Waals surface area contributed by atoms with Crippen molar-refractivity contribution in [2.24, 2.45) is 5.92 Å². The summed E-state index contributed by atoms with van der Waals surface area (Å²) >= 11 is 0. The van der Waals surface area contributed by atoms with Crippen LogP contribution in [0.15, 0.2) is 0 Å². The molecule has 2 amide bonds. The average Bonchev–Trinajstić information content (AvgIpc) is 2.86. The van der Waals surface area contributed by atoms with Crippen LogP contribution in [0.5, 0.6) is 0 Å². The van der Waals surface area contributed by atoms with E-state index in [1.54, 1.807) is 0 Å². The van der Waals surface area contributed by atoms with E-state index in [9.17, 15) is 18.4 Å². The van der Waals surface area contributed by atoms with E-state index < -0.39 is 24.9 Å². The number of hydrogen-bond acceptors (Lipinski definition) is 4. The molecule has 3 rings (SSSR count). The molecule has 3 fully saturated rings. The van der Waals surface area contributed by atoms with Crippen LogP contribution in [0.1, 0.15) is 25.7 Å². The van der Waals surface area contributed by atoms with Gasteiger partial charge in [-0.1, -0.05) is 6.42 Å². The van der Waals surface area contributed by atoms with Gasteiger partial charge in [0, 0.05) is 51.6 Å². The highest BCUT2D eigenvalue weighted by Crippen LogP contribution is 2.28. The van der Waals surface area contributed by atoms with Crippen LogP contribution in [-0.4, -0.2) is 79.4 Å².